The Morgan fingerprint density at radius 2 is 1.12 bits per heavy atom. The smallest absolute Gasteiger partial charge is 0.0782 e. The molecule has 2 aromatic heterocycles. The molecule has 0 spiro atoms. The van der Waals surface area contributed by atoms with Gasteiger partial charge in [0, 0.05) is 47.7 Å². The lowest BCUT2D eigenvalue weighted by Crippen LogP contribution is -2.11. The Labute approximate surface area is 253 Å². The van der Waals surface area contributed by atoms with Crippen LogP contribution >= 0.6 is 11.3 Å². The van der Waals surface area contributed by atoms with Crippen LogP contribution in [0.4, 0.5) is 17.1 Å². The Morgan fingerprint density at radius 1 is 0.442 bits per heavy atom. The summed E-state index contributed by atoms with van der Waals surface area (Å²) in [5, 5.41) is 7.59. The lowest BCUT2D eigenvalue weighted by molar-refractivity contribution is 1.18. The molecule has 3 heteroatoms. The van der Waals surface area contributed by atoms with Crippen LogP contribution in [0.25, 0.3) is 58.4 Å². The van der Waals surface area contributed by atoms with Crippen molar-refractivity contribution in [2.75, 3.05) is 4.90 Å². The molecular formula is C40H26N2S. The molecule has 0 aliphatic heterocycles. The summed E-state index contributed by atoms with van der Waals surface area (Å²) in [7, 11) is 0. The summed E-state index contributed by atoms with van der Waals surface area (Å²) in [5.41, 5.74) is 7.00. The van der Waals surface area contributed by atoms with Gasteiger partial charge in [-0.2, -0.15) is 0 Å². The van der Waals surface area contributed by atoms with Gasteiger partial charge in [-0.1, -0.05) is 109 Å². The van der Waals surface area contributed by atoms with Crippen LogP contribution in [-0.4, -0.2) is 4.57 Å². The Hall–Kier alpha value is -5.38. The highest BCUT2D eigenvalue weighted by Gasteiger charge is 2.22. The van der Waals surface area contributed by atoms with E-state index in [-0.39, 0.29) is 0 Å². The Morgan fingerprint density at radius 3 is 2.02 bits per heavy atom. The monoisotopic (exact) mass is 566 g/mol. The molecule has 0 saturated carbocycles. The van der Waals surface area contributed by atoms with E-state index in [1.807, 2.05) is 11.3 Å². The molecule has 9 rings (SSSR count). The van der Waals surface area contributed by atoms with Crippen molar-refractivity contribution in [3.8, 4) is 5.69 Å². The summed E-state index contributed by atoms with van der Waals surface area (Å²) in [5.74, 6) is 0. The molecule has 202 valence electrons. The normalized spacial score (nSPS) is 11.7. The predicted octanol–water partition coefficient (Wildman–Crippen LogP) is 11.8. The van der Waals surface area contributed by atoms with Crippen molar-refractivity contribution >= 4 is 81.1 Å². The fourth-order valence-electron chi connectivity index (χ4n) is 6.69. The van der Waals surface area contributed by atoms with E-state index in [0.717, 1.165) is 17.1 Å². The van der Waals surface area contributed by atoms with E-state index in [4.69, 9.17) is 0 Å². The van der Waals surface area contributed by atoms with E-state index in [0.29, 0.717) is 0 Å². The molecule has 0 atom stereocenters. The van der Waals surface area contributed by atoms with Crippen LogP contribution < -0.4 is 4.90 Å². The van der Waals surface area contributed by atoms with Crippen molar-refractivity contribution < 1.29 is 0 Å². The third-order valence-corrected chi connectivity index (χ3v) is 9.69. The van der Waals surface area contributed by atoms with Crippen LogP contribution in [0.5, 0.6) is 0 Å². The van der Waals surface area contributed by atoms with Gasteiger partial charge >= 0.3 is 0 Å². The van der Waals surface area contributed by atoms with Crippen LogP contribution in [0.1, 0.15) is 0 Å². The number of aromatic nitrogens is 1. The molecule has 0 fully saturated rings. The number of fused-ring (bicyclic) bond motifs is 7. The van der Waals surface area contributed by atoms with E-state index in [9.17, 15) is 0 Å². The van der Waals surface area contributed by atoms with Gasteiger partial charge in [0.15, 0.2) is 0 Å². The Kier molecular flexibility index (Phi) is 5.40. The van der Waals surface area contributed by atoms with Crippen molar-refractivity contribution in [3.05, 3.63) is 158 Å². The first-order valence-electron chi connectivity index (χ1n) is 14.6. The number of benzene rings is 7. The quantitative estimate of drug-likeness (QED) is 0.206. The molecule has 2 nitrogen and oxygen atoms in total. The highest BCUT2D eigenvalue weighted by molar-refractivity contribution is 7.25. The Bertz CT molecular complexity index is 2460. The number of rotatable bonds is 4. The van der Waals surface area contributed by atoms with Crippen molar-refractivity contribution in [3.63, 3.8) is 0 Å². The third-order valence-electron chi connectivity index (χ3n) is 8.56. The number of para-hydroxylation sites is 3. The molecule has 0 aliphatic carbocycles. The van der Waals surface area contributed by atoms with Crippen molar-refractivity contribution in [1.29, 1.82) is 0 Å². The first-order valence-corrected chi connectivity index (χ1v) is 15.4. The van der Waals surface area contributed by atoms with E-state index in [2.05, 4.69) is 167 Å². The lowest BCUT2D eigenvalue weighted by atomic mass is 10.1. The van der Waals surface area contributed by atoms with Gasteiger partial charge in [0.25, 0.3) is 0 Å². The van der Waals surface area contributed by atoms with Gasteiger partial charge in [0.2, 0.25) is 0 Å². The van der Waals surface area contributed by atoms with E-state index >= 15 is 0 Å². The summed E-state index contributed by atoms with van der Waals surface area (Å²) in [6.45, 7) is 0. The van der Waals surface area contributed by atoms with Crippen molar-refractivity contribution in [1.82, 2.24) is 4.57 Å². The minimum absolute atomic E-state index is 1.13. The van der Waals surface area contributed by atoms with E-state index in [1.165, 1.54) is 58.4 Å². The molecule has 7 aromatic carbocycles. The molecule has 0 unspecified atom stereocenters. The second kappa shape index (κ2) is 9.59. The van der Waals surface area contributed by atoms with Crippen LogP contribution in [0.3, 0.4) is 0 Å². The fraction of sp³-hybridized carbons (Fsp3) is 0. The zero-order valence-electron chi connectivity index (χ0n) is 23.3. The summed E-state index contributed by atoms with van der Waals surface area (Å²) < 4.78 is 5.08. The third kappa shape index (κ3) is 3.72. The highest BCUT2D eigenvalue weighted by atomic mass is 32.1. The number of nitrogens with zero attached hydrogens (tertiary/aromatic N) is 2. The molecule has 9 aromatic rings. The minimum atomic E-state index is 1.13. The SMILES string of the molecule is c1ccc(N(c2ccc3c(c2)sc2ccccc23)c2cccc3c4ccccc4n(-c4cccc5ccccc45)c23)cc1. The van der Waals surface area contributed by atoms with Gasteiger partial charge in [-0.05, 0) is 53.9 Å². The van der Waals surface area contributed by atoms with E-state index < -0.39 is 0 Å². The molecule has 0 saturated heterocycles. The van der Waals surface area contributed by atoms with Gasteiger partial charge in [0.05, 0.1) is 22.4 Å². The topological polar surface area (TPSA) is 8.17 Å². The van der Waals surface area contributed by atoms with Crippen LogP contribution in [-0.2, 0) is 0 Å². The van der Waals surface area contributed by atoms with Crippen molar-refractivity contribution in [2.45, 2.75) is 0 Å². The largest absolute Gasteiger partial charge is 0.308 e. The maximum absolute atomic E-state index is 2.47. The summed E-state index contributed by atoms with van der Waals surface area (Å²) >= 11 is 1.86. The van der Waals surface area contributed by atoms with Gasteiger partial charge < -0.3 is 9.47 Å². The number of hydrogen-bond acceptors (Lipinski definition) is 2. The summed E-state index contributed by atoms with van der Waals surface area (Å²) in [6, 6.07) is 57.2. The molecule has 2 heterocycles. The predicted molar refractivity (Wildman–Crippen MR) is 186 cm³/mol. The molecule has 0 aliphatic rings. The average Bonchev–Trinajstić information content (AvgIpc) is 3.61. The van der Waals surface area contributed by atoms with Crippen molar-refractivity contribution in [2.24, 2.45) is 0 Å². The second-order valence-corrected chi connectivity index (χ2v) is 12.1. The summed E-state index contributed by atoms with van der Waals surface area (Å²) in [4.78, 5) is 2.42. The molecule has 0 bridgehead atoms. The van der Waals surface area contributed by atoms with E-state index in [1.54, 1.807) is 0 Å². The second-order valence-electron chi connectivity index (χ2n) is 11.0. The zero-order valence-corrected chi connectivity index (χ0v) is 24.1. The van der Waals surface area contributed by atoms with Gasteiger partial charge in [0.1, 0.15) is 0 Å². The molecule has 0 N–H and O–H groups in total. The lowest BCUT2D eigenvalue weighted by Gasteiger charge is -2.27. The molecule has 0 radical (unpaired) electrons. The zero-order chi connectivity index (χ0) is 28.3. The molecule has 43 heavy (non-hydrogen) atoms. The van der Waals surface area contributed by atoms with Crippen LogP contribution in [0, 0.1) is 0 Å². The maximum Gasteiger partial charge on any atom is 0.0782 e. The van der Waals surface area contributed by atoms with Gasteiger partial charge in [-0.25, -0.2) is 0 Å². The average molecular weight is 567 g/mol. The number of hydrogen-bond donors (Lipinski definition) is 0. The van der Waals surface area contributed by atoms with Gasteiger partial charge in [-0.3, -0.25) is 0 Å². The summed E-state index contributed by atoms with van der Waals surface area (Å²) in [6.07, 6.45) is 0. The highest BCUT2D eigenvalue weighted by Crippen LogP contribution is 2.45. The minimum Gasteiger partial charge on any atom is -0.308 e. The van der Waals surface area contributed by atoms with Crippen LogP contribution in [0.2, 0.25) is 0 Å². The Balaban J connectivity index is 1.39. The van der Waals surface area contributed by atoms with Gasteiger partial charge in [-0.15, -0.1) is 11.3 Å². The number of thiophene rings is 1. The number of anilines is 3. The first-order chi connectivity index (χ1) is 21.3. The molecular weight excluding hydrogens is 541 g/mol. The molecule has 0 amide bonds. The maximum atomic E-state index is 2.47. The first kappa shape index (κ1) is 24.2. The van der Waals surface area contributed by atoms with Crippen LogP contribution in [0.15, 0.2) is 158 Å². The fourth-order valence-corrected chi connectivity index (χ4v) is 7.83. The standard InChI is InChI=1S/C40H26N2S/c1-2-14-28(15-3-1)41(29-24-25-33-32-18-7-9-23-38(32)43-39(33)26-29)37-22-11-19-34-31-17-6-8-20-36(31)42(40(34)37)35-21-10-13-27-12-4-5-16-30(27)35/h1-26H.